The molecule has 21 heavy (non-hydrogen) atoms. The number of nitrogens with one attached hydrogen (secondary N) is 1. The Kier molecular flexibility index (Phi) is 3.99. The molecule has 112 valence electrons. The number of anilines is 1. The van der Waals surface area contributed by atoms with E-state index in [0.29, 0.717) is 6.54 Å². The highest BCUT2D eigenvalue weighted by atomic mass is 32.2. The third-order valence-corrected chi connectivity index (χ3v) is 3.92. The van der Waals surface area contributed by atoms with E-state index in [4.69, 9.17) is 5.73 Å². The predicted molar refractivity (Wildman–Crippen MR) is 78.3 cm³/mol. The topological polar surface area (TPSA) is 107 Å². The second-order valence-electron chi connectivity index (χ2n) is 4.77. The third-order valence-electron chi connectivity index (χ3n) is 2.83. The van der Waals surface area contributed by atoms with Gasteiger partial charge >= 0.3 is 0 Å². The predicted octanol–water partition coefficient (Wildman–Crippen LogP) is 0.336. The third kappa shape index (κ3) is 3.82. The number of aromatic nitrogens is 2. The van der Waals surface area contributed by atoms with E-state index >= 15 is 0 Å². The van der Waals surface area contributed by atoms with Crippen LogP contribution in [0.3, 0.4) is 0 Å². The highest BCUT2D eigenvalue weighted by Gasteiger charge is 2.13. The molecule has 0 aliphatic carbocycles. The molecule has 0 spiro atoms. The van der Waals surface area contributed by atoms with Gasteiger partial charge in [-0.25, -0.2) is 8.42 Å². The molecular weight excluding hydrogens is 292 g/mol. The number of hydrogen-bond donors (Lipinski definition) is 2. The zero-order valence-corrected chi connectivity index (χ0v) is 12.5. The van der Waals surface area contributed by atoms with Gasteiger partial charge in [-0.05, 0) is 18.2 Å². The van der Waals surface area contributed by atoms with Gasteiger partial charge in [-0.15, -0.1) is 0 Å². The van der Waals surface area contributed by atoms with Crippen molar-refractivity contribution in [1.29, 1.82) is 0 Å². The summed E-state index contributed by atoms with van der Waals surface area (Å²) in [6, 6.07) is 4.07. The maximum Gasteiger partial charge on any atom is 0.251 e. The van der Waals surface area contributed by atoms with Crippen molar-refractivity contribution in [3.05, 3.63) is 41.7 Å². The molecule has 0 aliphatic rings. The molecule has 7 nitrogen and oxygen atoms in total. The average Bonchev–Trinajstić information content (AvgIpc) is 2.80. The summed E-state index contributed by atoms with van der Waals surface area (Å²) in [5.41, 5.74) is 6.93. The fourth-order valence-electron chi connectivity index (χ4n) is 1.81. The summed E-state index contributed by atoms with van der Waals surface area (Å²) in [7, 11) is -1.64. The first kappa shape index (κ1) is 15.0. The van der Waals surface area contributed by atoms with Crippen molar-refractivity contribution in [2.24, 2.45) is 7.05 Å². The SMILES string of the molecule is Cn1cc(CNC(=O)c2cc(N)cc(S(C)(=O)=O)c2)cn1. The molecular formula is C13H16N4O3S. The molecule has 2 rings (SSSR count). The summed E-state index contributed by atoms with van der Waals surface area (Å²) in [4.78, 5) is 12.1. The van der Waals surface area contributed by atoms with Crippen molar-refractivity contribution in [2.45, 2.75) is 11.4 Å². The number of carbonyl (C=O) groups is 1. The van der Waals surface area contributed by atoms with Gasteiger partial charge in [0.2, 0.25) is 0 Å². The number of sulfone groups is 1. The van der Waals surface area contributed by atoms with Crippen LogP contribution in [-0.4, -0.2) is 30.4 Å². The monoisotopic (exact) mass is 308 g/mol. The number of amides is 1. The molecule has 2 aromatic rings. The maximum absolute atomic E-state index is 12.1. The van der Waals surface area contributed by atoms with Crippen LogP contribution in [0.15, 0.2) is 35.5 Å². The summed E-state index contributed by atoms with van der Waals surface area (Å²) in [6.07, 6.45) is 4.49. The lowest BCUT2D eigenvalue weighted by Crippen LogP contribution is -2.23. The molecule has 0 bridgehead atoms. The standard InChI is InChI=1S/C13H16N4O3S/c1-17-8-9(7-16-17)6-15-13(18)10-3-11(14)5-12(4-10)21(2,19)20/h3-5,7-8H,6,14H2,1-2H3,(H,15,18). The second-order valence-corrected chi connectivity index (χ2v) is 6.78. The van der Waals surface area contributed by atoms with Crippen LogP contribution in [-0.2, 0) is 23.4 Å². The minimum Gasteiger partial charge on any atom is -0.399 e. The van der Waals surface area contributed by atoms with E-state index in [1.807, 2.05) is 0 Å². The van der Waals surface area contributed by atoms with Crippen LogP contribution >= 0.6 is 0 Å². The van der Waals surface area contributed by atoms with Gasteiger partial charge in [-0.1, -0.05) is 0 Å². The molecule has 0 atom stereocenters. The molecule has 3 N–H and O–H groups in total. The molecule has 0 unspecified atom stereocenters. The molecule has 1 amide bonds. The van der Waals surface area contributed by atoms with Crippen LogP contribution in [0.5, 0.6) is 0 Å². The number of nitrogen functional groups attached to an aromatic ring is 1. The summed E-state index contributed by atoms with van der Waals surface area (Å²) < 4.78 is 24.7. The Bertz CT molecular complexity index is 780. The van der Waals surface area contributed by atoms with Crippen LogP contribution in [0.2, 0.25) is 0 Å². The lowest BCUT2D eigenvalue weighted by Gasteiger charge is -2.07. The molecule has 0 fully saturated rings. The Morgan fingerprint density at radius 3 is 2.67 bits per heavy atom. The minimum absolute atomic E-state index is 0.0222. The molecule has 0 saturated heterocycles. The Labute approximate surface area is 122 Å². The number of nitrogens with two attached hydrogens (primary N) is 1. The van der Waals surface area contributed by atoms with Crippen molar-refractivity contribution in [2.75, 3.05) is 12.0 Å². The Balaban J connectivity index is 2.17. The molecule has 1 heterocycles. The minimum atomic E-state index is -3.42. The largest absolute Gasteiger partial charge is 0.399 e. The van der Waals surface area contributed by atoms with Crippen LogP contribution in [0.4, 0.5) is 5.69 Å². The number of aryl methyl sites for hydroxylation is 1. The Morgan fingerprint density at radius 2 is 2.10 bits per heavy atom. The smallest absolute Gasteiger partial charge is 0.251 e. The van der Waals surface area contributed by atoms with Crippen molar-refractivity contribution in [3.63, 3.8) is 0 Å². The van der Waals surface area contributed by atoms with E-state index in [9.17, 15) is 13.2 Å². The molecule has 8 heteroatoms. The van der Waals surface area contributed by atoms with Gasteiger partial charge in [0.1, 0.15) is 0 Å². The first-order valence-corrected chi connectivity index (χ1v) is 8.01. The zero-order chi connectivity index (χ0) is 15.6. The van der Waals surface area contributed by atoms with Gasteiger partial charge in [0, 0.05) is 42.9 Å². The number of benzene rings is 1. The molecule has 1 aromatic heterocycles. The van der Waals surface area contributed by atoms with Crippen LogP contribution in [0.25, 0.3) is 0 Å². The van der Waals surface area contributed by atoms with Crippen molar-refractivity contribution < 1.29 is 13.2 Å². The van der Waals surface area contributed by atoms with E-state index in [1.165, 1.54) is 18.2 Å². The Hall–Kier alpha value is -2.35. The summed E-state index contributed by atoms with van der Waals surface area (Å²) in [6.45, 7) is 0.301. The van der Waals surface area contributed by atoms with Crippen LogP contribution < -0.4 is 11.1 Å². The van der Waals surface area contributed by atoms with Crippen molar-refractivity contribution in [3.8, 4) is 0 Å². The lowest BCUT2D eigenvalue weighted by atomic mass is 10.2. The van der Waals surface area contributed by atoms with E-state index in [0.717, 1.165) is 11.8 Å². The van der Waals surface area contributed by atoms with Gasteiger partial charge in [-0.3, -0.25) is 9.48 Å². The quantitative estimate of drug-likeness (QED) is 0.792. The normalized spacial score (nSPS) is 11.3. The molecule has 0 radical (unpaired) electrons. The van der Waals surface area contributed by atoms with Crippen LogP contribution in [0.1, 0.15) is 15.9 Å². The van der Waals surface area contributed by atoms with Gasteiger partial charge in [-0.2, -0.15) is 5.10 Å². The van der Waals surface area contributed by atoms with E-state index < -0.39 is 15.7 Å². The number of carbonyl (C=O) groups excluding carboxylic acids is 1. The van der Waals surface area contributed by atoms with Crippen LogP contribution in [0, 0.1) is 0 Å². The van der Waals surface area contributed by atoms with Gasteiger partial charge in [0.15, 0.2) is 9.84 Å². The molecule has 1 aromatic carbocycles. The number of rotatable bonds is 4. The highest BCUT2D eigenvalue weighted by Crippen LogP contribution is 2.17. The van der Waals surface area contributed by atoms with Gasteiger partial charge in [0.25, 0.3) is 5.91 Å². The van der Waals surface area contributed by atoms with Gasteiger partial charge in [0.05, 0.1) is 11.1 Å². The number of hydrogen-bond acceptors (Lipinski definition) is 5. The van der Waals surface area contributed by atoms with E-state index in [1.54, 1.807) is 24.1 Å². The lowest BCUT2D eigenvalue weighted by molar-refractivity contribution is 0.0950. The fourth-order valence-corrected chi connectivity index (χ4v) is 2.51. The molecule has 0 aliphatic heterocycles. The number of nitrogens with zero attached hydrogens (tertiary/aromatic N) is 2. The second kappa shape index (κ2) is 5.57. The fraction of sp³-hybridized carbons (Fsp3) is 0.231. The maximum atomic E-state index is 12.1. The van der Waals surface area contributed by atoms with E-state index in [-0.39, 0.29) is 16.1 Å². The summed E-state index contributed by atoms with van der Waals surface area (Å²) >= 11 is 0. The van der Waals surface area contributed by atoms with Crippen molar-refractivity contribution >= 4 is 21.4 Å². The van der Waals surface area contributed by atoms with E-state index in [2.05, 4.69) is 10.4 Å². The molecule has 0 saturated carbocycles. The average molecular weight is 308 g/mol. The first-order chi connectivity index (χ1) is 9.75. The zero-order valence-electron chi connectivity index (χ0n) is 11.7. The van der Waals surface area contributed by atoms with Crippen molar-refractivity contribution in [1.82, 2.24) is 15.1 Å². The Morgan fingerprint density at radius 1 is 1.38 bits per heavy atom. The summed E-state index contributed by atoms with van der Waals surface area (Å²) in [5, 5.41) is 6.69. The summed E-state index contributed by atoms with van der Waals surface area (Å²) in [5.74, 6) is -0.393. The van der Waals surface area contributed by atoms with Gasteiger partial charge < -0.3 is 11.1 Å². The first-order valence-electron chi connectivity index (χ1n) is 6.12. The highest BCUT2D eigenvalue weighted by molar-refractivity contribution is 7.90.